The number of rotatable bonds is 9. The van der Waals surface area contributed by atoms with Crippen molar-refractivity contribution in [2.75, 3.05) is 13.1 Å². The van der Waals surface area contributed by atoms with Gasteiger partial charge in [0.05, 0.1) is 0 Å². The second-order valence-electron chi connectivity index (χ2n) is 13.0. The standard InChI is InChI=1S/C26H48N4O6/c1-23(2)15-19(16-24(3,4)29(23)33)35-21(31)27-13-11-9-10-12-14-28-22(32)36-20-17-25(5,6)30(34)26(7,8)18-20/h19-20H,9-18H2,1-8H3,(H,27,31)(H,28,32). The predicted molar refractivity (Wildman–Crippen MR) is 135 cm³/mol. The zero-order valence-electron chi connectivity index (χ0n) is 23.6. The van der Waals surface area contributed by atoms with Crippen LogP contribution in [0.15, 0.2) is 0 Å². The van der Waals surface area contributed by atoms with Gasteiger partial charge in [0.2, 0.25) is 0 Å². The van der Waals surface area contributed by atoms with Gasteiger partial charge in [0, 0.05) is 60.9 Å². The van der Waals surface area contributed by atoms with Crippen LogP contribution < -0.4 is 10.6 Å². The van der Waals surface area contributed by atoms with Crippen LogP contribution in [0.2, 0.25) is 0 Å². The van der Waals surface area contributed by atoms with Crippen molar-refractivity contribution in [1.29, 1.82) is 0 Å². The van der Waals surface area contributed by atoms with Crippen molar-refractivity contribution in [2.45, 2.75) is 141 Å². The number of nitrogens with one attached hydrogen (secondary N) is 2. The van der Waals surface area contributed by atoms with Crippen LogP contribution in [0, 0.1) is 0 Å². The Morgan fingerprint density at radius 3 is 1.17 bits per heavy atom. The molecule has 2 amide bonds. The quantitative estimate of drug-likeness (QED) is 0.431. The highest BCUT2D eigenvalue weighted by atomic mass is 16.6. The summed E-state index contributed by atoms with van der Waals surface area (Å²) in [7, 11) is 0. The van der Waals surface area contributed by atoms with Gasteiger partial charge >= 0.3 is 12.2 Å². The van der Waals surface area contributed by atoms with E-state index in [9.17, 15) is 20.0 Å². The van der Waals surface area contributed by atoms with Gasteiger partial charge in [-0.25, -0.2) is 9.59 Å². The predicted octanol–water partition coefficient (Wildman–Crippen LogP) is 4.73. The first-order chi connectivity index (χ1) is 16.5. The molecule has 10 heteroatoms. The van der Waals surface area contributed by atoms with E-state index in [1.807, 2.05) is 55.4 Å². The molecule has 0 aromatic heterocycles. The second kappa shape index (κ2) is 11.8. The van der Waals surface area contributed by atoms with Gasteiger partial charge < -0.3 is 20.1 Å². The number of carbonyl (C=O) groups is 2. The van der Waals surface area contributed by atoms with Crippen molar-refractivity contribution >= 4 is 12.2 Å². The van der Waals surface area contributed by atoms with E-state index in [0.29, 0.717) is 38.8 Å². The van der Waals surface area contributed by atoms with E-state index in [1.165, 1.54) is 0 Å². The summed E-state index contributed by atoms with van der Waals surface area (Å²) in [6.07, 6.45) is 4.05. The van der Waals surface area contributed by atoms with Gasteiger partial charge in [0.1, 0.15) is 12.2 Å². The van der Waals surface area contributed by atoms with E-state index < -0.39 is 34.3 Å². The first-order valence-electron chi connectivity index (χ1n) is 13.3. The average molecular weight is 513 g/mol. The van der Waals surface area contributed by atoms with Crippen LogP contribution in [0.3, 0.4) is 0 Å². The lowest BCUT2D eigenvalue weighted by molar-refractivity contribution is -0.298. The molecule has 2 heterocycles. The largest absolute Gasteiger partial charge is 0.446 e. The summed E-state index contributed by atoms with van der Waals surface area (Å²) in [6, 6.07) is 0. The summed E-state index contributed by atoms with van der Waals surface area (Å²) < 4.78 is 11.2. The number of ether oxygens (including phenoxy) is 2. The molecule has 2 rings (SSSR count). The van der Waals surface area contributed by atoms with E-state index in [1.54, 1.807) is 0 Å². The van der Waals surface area contributed by atoms with Crippen molar-refractivity contribution in [3.63, 3.8) is 0 Å². The van der Waals surface area contributed by atoms with Crippen LogP contribution in [0.25, 0.3) is 0 Å². The maximum atomic E-state index is 12.4. The highest BCUT2D eigenvalue weighted by Crippen LogP contribution is 2.39. The van der Waals surface area contributed by atoms with Crippen molar-refractivity contribution in [3.05, 3.63) is 0 Å². The third kappa shape index (κ3) is 8.46. The van der Waals surface area contributed by atoms with Crippen molar-refractivity contribution < 1.29 is 29.5 Å². The summed E-state index contributed by atoms with van der Waals surface area (Å²) in [5.74, 6) is 0. The minimum Gasteiger partial charge on any atom is -0.446 e. The highest BCUT2D eigenvalue weighted by Gasteiger charge is 2.48. The SMILES string of the molecule is CC1(C)CC(OC(=O)NCCCCCCNC(=O)OC2CC(C)(C)N([O])C(C)(C)C2)CC(C)(C)N1[O]. The fourth-order valence-corrected chi connectivity index (χ4v) is 5.88. The molecule has 10 nitrogen and oxygen atoms in total. The van der Waals surface area contributed by atoms with Crippen molar-refractivity contribution in [1.82, 2.24) is 20.8 Å². The maximum absolute atomic E-state index is 12.4. The van der Waals surface area contributed by atoms with Gasteiger partial charge in [-0.3, -0.25) is 0 Å². The summed E-state index contributed by atoms with van der Waals surface area (Å²) in [5.41, 5.74) is -2.30. The molecule has 2 aliphatic rings. The Kier molecular flexibility index (Phi) is 10.1. The number of alkyl carbamates (subject to hydrolysis) is 2. The molecule has 208 valence electrons. The Labute approximate surface area is 217 Å². The Balaban J connectivity index is 1.54. The monoisotopic (exact) mass is 512 g/mol. The second-order valence-corrected chi connectivity index (χ2v) is 13.0. The van der Waals surface area contributed by atoms with Crippen LogP contribution in [-0.4, -0.2) is 69.8 Å². The average Bonchev–Trinajstić information content (AvgIpc) is 2.71. The van der Waals surface area contributed by atoms with E-state index in [0.717, 1.165) is 35.8 Å². The van der Waals surface area contributed by atoms with Gasteiger partial charge in [0.25, 0.3) is 0 Å². The van der Waals surface area contributed by atoms with Crippen LogP contribution in [-0.2, 0) is 19.9 Å². The molecule has 2 fully saturated rings. The van der Waals surface area contributed by atoms with Gasteiger partial charge in [-0.15, -0.1) is 20.5 Å². The summed E-state index contributed by atoms with van der Waals surface area (Å²) in [6.45, 7) is 16.1. The van der Waals surface area contributed by atoms with E-state index in [2.05, 4.69) is 10.6 Å². The summed E-state index contributed by atoms with van der Waals surface area (Å²) in [4.78, 5) is 24.4. The fraction of sp³-hybridized carbons (Fsp3) is 0.923. The number of amides is 2. The highest BCUT2D eigenvalue weighted by molar-refractivity contribution is 5.67. The molecule has 2 aliphatic heterocycles. The molecule has 0 saturated carbocycles. The van der Waals surface area contributed by atoms with Crippen LogP contribution >= 0.6 is 0 Å². The molecule has 0 aromatic carbocycles. The summed E-state index contributed by atoms with van der Waals surface area (Å²) in [5, 5.41) is 32.7. The molecule has 2 radical (unpaired) electrons. The third-order valence-electron chi connectivity index (χ3n) is 7.30. The number of hydroxylamine groups is 4. The fourth-order valence-electron chi connectivity index (χ4n) is 5.88. The number of carbonyl (C=O) groups excluding carboxylic acids is 2. The van der Waals surface area contributed by atoms with Crippen molar-refractivity contribution in [3.8, 4) is 0 Å². The minimum absolute atomic E-state index is 0.281. The third-order valence-corrected chi connectivity index (χ3v) is 7.30. The zero-order valence-corrected chi connectivity index (χ0v) is 23.6. The van der Waals surface area contributed by atoms with Crippen LogP contribution in [0.1, 0.15) is 107 Å². The maximum Gasteiger partial charge on any atom is 0.407 e. The summed E-state index contributed by atoms with van der Waals surface area (Å²) >= 11 is 0. The van der Waals surface area contributed by atoms with E-state index in [-0.39, 0.29) is 12.2 Å². The van der Waals surface area contributed by atoms with Gasteiger partial charge in [-0.1, -0.05) is 12.8 Å². The molecule has 0 aliphatic carbocycles. The lowest BCUT2D eigenvalue weighted by Gasteiger charge is -2.49. The smallest absolute Gasteiger partial charge is 0.407 e. The van der Waals surface area contributed by atoms with E-state index >= 15 is 0 Å². The molecule has 0 atom stereocenters. The molecular formula is C26H48N4O6. The first kappa shape index (κ1) is 30.6. The molecule has 36 heavy (non-hydrogen) atoms. The Morgan fingerprint density at radius 2 is 0.889 bits per heavy atom. The number of hydrogen-bond donors (Lipinski definition) is 2. The Hall–Kier alpha value is -1.62. The van der Waals surface area contributed by atoms with Crippen LogP contribution in [0.5, 0.6) is 0 Å². The molecule has 0 spiro atoms. The van der Waals surface area contributed by atoms with Crippen LogP contribution in [0.4, 0.5) is 9.59 Å². The normalized spacial score (nSPS) is 24.2. The Bertz CT molecular complexity index is 657. The number of piperidine rings is 2. The lowest BCUT2D eigenvalue weighted by atomic mass is 9.80. The molecule has 2 N–H and O–H groups in total. The lowest BCUT2D eigenvalue weighted by Crippen LogP contribution is -2.60. The van der Waals surface area contributed by atoms with Crippen molar-refractivity contribution in [2.24, 2.45) is 0 Å². The molecule has 0 unspecified atom stereocenters. The van der Waals surface area contributed by atoms with E-state index in [4.69, 9.17) is 9.47 Å². The topological polar surface area (TPSA) is 123 Å². The zero-order chi connectivity index (χ0) is 27.4. The Morgan fingerprint density at radius 1 is 0.611 bits per heavy atom. The van der Waals surface area contributed by atoms with Gasteiger partial charge in [-0.2, -0.15) is 0 Å². The number of unbranched alkanes of at least 4 members (excludes halogenated alkanes) is 3. The molecular weight excluding hydrogens is 464 g/mol. The first-order valence-corrected chi connectivity index (χ1v) is 13.3. The molecule has 0 bridgehead atoms. The number of nitrogens with zero attached hydrogens (tertiary/aromatic N) is 2. The minimum atomic E-state index is -0.575. The van der Waals surface area contributed by atoms with Gasteiger partial charge in [-0.05, 0) is 68.2 Å². The van der Waals surface area contributed by atoms with Gasteiger partial charge in [0.15, 0.2) is 0 Å². The molecule has 2 saturated heterocycles. The number of hydrogen-bond acceptors (Lipinski definition) is 6. The molecule has 0 aromatic rings.